The van der Waals surface area contributed by atoms with E-state index in [1.54, 1.807) is 0 Å². The summed E-state index contributed by atoms with van der Waals surface area (Å²) in [6.45, 7) is 0. The summed E-state index contributed by atoms with van der Waals surface area (Å²) in [5.41, 5.74) is 0.902. The number of fused-ring (bicyclic) bond motifs is 1. The lowest BCUT2D eigenvalue weighted by atomic mass is 10.6. The summed E-state index contributed by atoms with van der Waals surface area (Å²) in [4.78, 5) is 23.2. The van der Waals surface area contributed by atoms with Crippen LogP contribution in [0.2, 0.25) is 0 Å². The zero-order valence-electron chi connectivity index (χ0n) is 5.46. The Kier molecular flexibility index (Phi) is 1.69. The van der Waals surface area contributed by atoms with Crippen LogP contribution in [0.15, 0.2) is 17.3 Å². The minimum Gasteiger partial charge on any atom is -0.412 e. The molecular formula is C5H6N4O2. The number of H-pyrrole nitrogens is 2. The van der Waals surface area contributed by atoms with Gasteiger partial charge in [0.15, 0.2) is 5.65 Å². The number of aromatic amines is 2. The minimum atomic E-state index is -0.375. The van der Waals surface area contributed by atoms with Crippen LogP contribution in [0.4, 0.5) is 0 Å². The molecule has 11 heavy (non-hydrogen) atoms. The van der Waals surface area contributed by atoms with Gasteiger partial charge in [0.1, 0.15) is 5.52 Å². The fourth-order valence-corrected chi connectivity index (χ4v) is 0.759. The summed E-state index contributed by atoms with van der Waals surface area (Å²) < 4.78 is 0. The van der Waals surface area contributed by atoms with Gasteiger partial charge in [-0.15, -0.1) is 0 Å². The van der Waals surface area contributed by atoms with Gasteiger partial charge in [-0.3, -0.25) is 4.98 Å². The molecule has 4 N–H and O–H groups in total. The highest BCUT2D eigenvalue weighted by Gasteiger charge is 1.93. The summed E-state index contributed by atoms with van der Waals surface area (Å²) in [6.07, 6.45) is 2.95. The number of imidazole rings is 1. The Bertz CT molecular complexity index is 404. The van der Waals surface area contributed by atoms with Crippen LogP contribution in [-0.4, -0.2) is 25.4 Å². The Morgan fingerprint density at radius 3 is 3.00 bits per heavy atom. The van der Waals surface area contributed by atoms with Crippen molar-refractivity contribution < 1.29 is 5.48 Å². The normalized spacial score (nSPS) is 9.45. The molecule has 0 fully saturated rings. The van der Waals surface area contributed by atoms with Gasteiger partial charge in [0.25, 0.3) is 0 Å². The van der Waals surface area contributed by atoms with Gasteiger partial charge in [0.2, 0.25) is 0 Å². The second kappa shape index (κ2) is 2.51. The summed E-state index contributed by atoms with van der Waals surface area (Å²) in [7, 11) is 0. The highest BCUT2D eigenvalue weighted by molar-refractivity contribution is 5.67. The molecule has 0 saturated carbocycles. The molecule has 0 bridgehead atoms. The van der Waals surface area contributed by atoms with Crippen LogP contribution in [0, 0.1) is 0 Å². The molecule has 2 aromatic rings. The van der Waals surface area contributed by atoms with Crippen LogP contribution in [0.5, 0.6) is 0 Å². The molecule has 2 rings (SSSR count). The first kappa shape index (κ1) is 7.42. The quantitative estimate of drug-likeness (QED) is 0.498. The fraction of sp³-hybridized carbons (Fsp3) is 0. The van der Waals surface area contributed by atoms with E-state index in [4.69, 9.17) is 0 Å². The Morgan fingerprint density at radius 2 is 2.18 bits per heavy atom. The minimum absolute atomic E-state index is 0. The largest absolute Gasteiger partial charge is 0.412 e. The molecule has 0 spiro atoms. The van der Waals surface area contributed by atoms with Crippen molar-refractivity contribution in [2.45, 2.75) is 0 Å². The van der Waals surface area contributed by atoms with Crippen LogP contribution in [0.25, 0.3) is 11.2 Å². The van der Waals surface area contributed by atoms with Gasteiger partial charge in [0.05, 0.1) is 12.5 Å². The van der Waals surface area contributed by atoms with Gasteiger partial charge in [0, 0.05) is 0 Å². The molecule has 0 aromatic carbocycles. The SMILES string of the molecule is O.O=c1ncc2[nH]cnc2[nH]1. The molecule has 2 heterocycles. The maximum Gasteiger partial charge on any atom is 0.346 e. The lowest BCUT2D eigenvalue weighted by Gasteiger charge is -1.82. The van der Waals surface area contributed by atoms with E-state index in [0.717, 1.165) is 5.52 Å². The van der Waals surface area contributed by atoms with Crippen molar-refractivity contribution in [2.24, 2.45) is 0 Å². The van der Waals surface area contributed by atoms with E-state index in [0.29, 0.717) is 5.65 Å². The topological polar surface area (TPSA) is 106 Å². The molecule has 0 amide bonds. The predicted molar refractivity (Wildman–Crippen MR) is 38.1 cm³/mol. The van der Waals surface area contributed by atoms with Crippen molar-refractivity contribution in [1.82, 2.24) is 19.9 Å². The molecule has 0 saturated heterocycles. The standard InChI is InChI=1S/C5H4N4O.H2O/c10-5-6-1-3-4(9-5)8-2-7-3;/h1-2H,(H2,6,7,8,9,10);1H2. The van der Waals surface area contributed by atoms with E-state index < -0.39 is 0 Å². The Morgan fingerprint density at radius 1 is 1.36 bits per heavy atom. The van der Waals surface area contributed by atoms with E-state index in [2.05, 4.69) is 19.9 Å². The van der Waals surface area contributed by atoms with Gasteiger partial charge in [-0.25, -0.2) is 9.78 Å². The molecule has 0 radical (unpaired) electrons. The van der Waals surface area contributed by atoms with E-state index in [1.807, 2.05) is 0 Å². The van der Waals surface area contributed by atoms with Crippen molar-refractivity contribution in [3.63, 3.8) is 0 Å². The first-order valence-corrected chi connectivity index (χ1v) is 2.75. The van der Waals surface area contributed by atoms with Gasteiger partial charge in [-0.2, -0.15) is 4.98 Å². The third-order valence-corrected chi connectivity index (χ3v) is 1.21. The molecule has 0 aliphatic carbocycles. The third kappa shape index (κ3) is 1.10. The van der Waals surface area contributed by atoms with Gasteiger partial charge >= 0.3 is 5.69 Å². The Labute approximate surface area is 60.6 Å². The van der Waals surface area contributed by atoms with Gasteiger partial charge in [-0.05, 0) is 0 Å². The van der Waals surface area contributed by atoms with Crippen molar-refractivity contribution in [3.05, 3.63) is 23.0 Å². The van der Waals surface area contributed by atoms with Crippen molar-refractivity contribution in [1.29, 1.82) is 0 Å². The molecule has 0 atom stereocenters. The number of hydrogen-bond acceptors (Lipinski definition) is 3. The summed E-state index contributed by atoms with van der Waals surface area (Å²) in [5.74, 6) is 0. The second-order valence-corrected chi connectivity index (χ2v) is 1.85. The van der Waals surface area contributed by atoms with Crippen LogP contribution in [-0.2, 0) is 0 Å². The second-order valence-electron chi connectivity index (χ2n) is 1.85. The number of hydrogen-bond donors (Lipinski definition) is 2. The van der Waals surface area contributed by atoms with E-state index in [-0.39, 0.29) is 11.2 Å². The Balaban J connectivity index is 0.000000605. The average molecular weight is 154 g/mol. The zero-order valence-corrected chi connectivity index (χ0v) is 5.46. The average Bonchev–Trinajstić information content (AvgIpc) is 2.33. The lowest BCUT2D eigenvalue weighted by Crippen LogP contribution is -2.08. The summed E-state index contributed by atoms with van der Waals surface area (Å²) in [5, 5.41) is 0. The van der Waals surface area contributed by atoms with Crippen molar-refractivity contribution in [2.75, 3.05) is 0 Å². The van der Waals surface area contributed by atoms with E-state index in [1.165, 1.54) is 12.5 Å². The summed E-state index contributed by atoms with van der Waals surface area (Å²) >= 11 is 0. The van der Waals surface area contributed by atoms with Crippen LogP contribution in [0.1, 0.15) is 0 Å². The lowest BCUT2D eigenvalue weighted by molar-refractivity contribution is 0.824. The molecule has 0 aliphatic rings. The smallest absolute Gasteiger partial charge is 0.346 e. The first-order valence-electron chi connectivity index (χ1n) is 2.75. The third-order valence-electron chi connectivity index (χ3n) is 1.21. The zero-order chi connectivity index (χ0) is 6.97. The van der Waals surface area contributed by atoms with Gasteiger partial charge < -0.3 is 10.5 Å². The predicted octanol–water partition coefficient (Wildman–Crippen LogP) is -1.18. The number of nitrogens with zero attached hydrogens (tertiary/aromatic N) is 2. The molecule has 6 nitrogen and oxygen atoms in total. The summed E-state index contributed by atoms with van der Waals surface area (Å²) in [6, 6.07) is 0. The highest BCUT2D eigenvalue weighted by atomic mass is 16.1. The maximum absolute atomic E-state index is 10.6. The molecule has 0 unspecified atom stereocenters. The number of rotatable bonds is 0. The Hall–Kier alpha value is -1.69. The molecule has 58 valence electrons. The fourth-order valence-electron chi connectivity index (χ4n) is 0.759. The van der Waals surface area contributed by atoms with Crippen LogP contribution in [0.3, 0.4) is 0 Å². The van der Waals surface area contributed by atoms with Crippen molar-refractivity contribution in [3.8, 4) is 0 Å². The maximum atomic E-state index is 10.6. The first-order chi connectivity index (χ1) is 4.86. The molecule has 2 aromatic heterocycles. The van der Waals surface area contributed by atoms with E-state index in [9.17, 15) is 4.79 Å². The van der Waals surface area contributed by atoms with Crippen LogP contribution < -0.4 is 5.69 Å². The number of nitrogens with one attached hydrogen (secondary N) is 2. The highest BCUT2D eigenvalue weighted by Crippen LogP contribution is 1.97. The van der Waals surface area contributed by atoms with Gasteiger partial charge in [-0.1, -0.05) is 0 Å². The molecule has 0 aliphatic heterocycles. The molecular weight excluding hydrogens is 148 g/mol. The van der Waals surface area contributed by atoms with E-state index >= 15 is 0 Å². The number of aromatic nitrogens is 4. The monoisotopic (exact) mass is 154 g/mol. The molecule has 6 heteroatoms. The van der Waals surface area contributed by atoms with Crippen LogP contribution >= 0.6 is 0 Å². The van der Waals surface area contributed by atoms with Crippen molar-refractivity contribution >= 4 is 11.2 Å².